The van der Waals surface area contributed by atoms with Gasteiger partial charge in [0, 0.05) is 11.3 Å². The Kier molecular flexibility index (Phi) is 5.38. The molecule has 0 saturated heterocycles. The Morgan fingerprint density at radius 3 is 1.41 bits per heavy atom. The zero-order valence-electron chi connectivity index (χ0n) is 19.3. The molecule has 0 spiro atoms. The summed E-state index contributed by atoms with van der Waals surface area (Å²) in [5.41, 5.74) is 17.7. The third-order valence-electron chi connectivity index (χ3n) is 6.03. The van der Waals surface area contributed by atoms with Crippen LogP contribution in [0.5, 0.6) is 0 Å². The van der Waals surface area contributed by atoms with Gasteiger partial charge in [0.1, 0.15) is 0 Å². The summed E-state index contributed by atoms with van der Waals surface area (Å²) >= 11 is 0. The number of anilines is 1. The van der Waals surface area contributed by atoms with Crippen LogP contribution >= 0.6 is 0 Å². The quantitative estimate of drug-likeness (QED) is 0.447. The summed E-state index contributed by atoms with van der Waals surface area (Å²) in [6.45, 7) is 17.8. The smallest absolute Gasteiger partial charge is 0.0402 e. The molecule has 0 aromatic heterocycles. The van der Waals surface area contributed by atoms with Gasteiger partial charge in [0.05, 0.1) is 0 Å². The zero-order chi connectivity index (χ0) is 21.6. The van der Waals surface area contributed by atoms with Crippen LogP contribution in [-0.2, 0) is 10.8 Å². The molecular formula is C28H35N. The lowest BCUT2D eigenvalue weighted by Crippen LogP contribution is -2.10. The highest BCUT2D eigenvalue weighted by atomic mass is 14.6. The molecule has 0 heterocycles. The lowest BCUT2D eigenvalue weighted by atomic mass is 9.84. The first-order valence-corrected chi connectivity index (χ1v) is 10.5. The number of nitrogens with two attached hydrogens (primary N) is 1. The van der Waals surface area contributed by atoms with Crippen molar-refractivity contribution in [1.29, 1.82) is 0 Å². The van der Waals surface area contributed by atoms with Crippen molar-refractivity contribution in [3.8, 4) is 22.3 Å². The predicted molar refractivity (Wildman–Crippen MR) is 129 cm³/mol. The van der Waals surface area contributed by atoms with Crippen molar-refractivity contribution in [3.05, 3.63) is 76.9 Å². The van der Waals surface area contributed by atoms with Gasteiger partial charge in [-0.15, -0.1) is 0 Å². The molecule has 0 aliphatic heterocycles. The average molecular weight is 386 g/mol. The number of hydrogen-bond donors (Lipinski definition) is 1. The molecule has 3 aromatic rings. The normalized spacial score (nSPS) is 12.3. The number of nitrogen functional groups attached to an aromatic ring is 1. The Labute approximate surface area is 177 Å². The first kappa shape index (κ1) is 21.2. The van der Waals surface area contributed by atoms with Crippen molar-refractivity contribution in [2.24, 2.45) is 0 Å². The first-order valence-electron chi connectivity index (χ1n) is 10.5. The van der Waals surface area contributed by atoms with Crippen molar-refractivity contribution >= 4 is 5.69 Å². The summed E-state index contributed by atoms with van der Waals surface area (Å²) in [5, 5.41) is 0. The maximum absolute atomic E-state index is 6.58. The fraction of sp³-hybridized carbons (Fsp3) is 0.357. The van der Waals surface area contributed by atoms with E-state index in [-0.39, 0.29) is 10.8 Å². The van der Waals surface area contributed by atoms with Gasteiger partial charge in [0.15, 0.2) is 0 Å². The van der Waals surface area contributed by atoms with E-state index in [0.29, 0.717) is 0 Å². The van der Waals surface area contributed by atoms with Gasteiger partial charge in [-0.05, 0) is 69.7 Å². The monoisotopic (exact) mass is 385 g/mol. The maximum Gasteiger partial charge on any atom is 0.0402 e. The van der Waals surface area contributed by atoms with Gasteiger partial charge in [-0.2, -0.15) is 0 Å². The van der Waals surface area contributed by atoms with Crippen LogP contribution in [0.2, 0.25) is 0 Å². The molecule has 0 saturated carbocycles. The molecule has 0 amide bonds. The van der Waals surface area contributed by atoms with Crippen LogP contribution in [0.1, 0.15) is 63.8 Å². The lowest BCUT2D eigenvalue weighted by molar-refractivity contribution is 0.590. The van der Waals surface area contributed by atoms with Crippen molar-refractivity contribution in [2.75, 3.05) is 5.73 Å². The van der Waals surface area contributed by atoms with E-state index in [1.807, 2.05) is 0 Å². The third kappa shape index (κ3) is 4.24. The van der Waals surface area contributed by atoms with Crippen molar-refractivity contribution in [2.45, 2.75) is 66.2 Å². The molecule has 1 heteroatoms. The Morgan fingerprint density at radius 2 is 1.00 bits per heavy atom. The molecular weight excluding hydrogens is 350 g/mol. The summed E-state index contributed by atoms with van der Waals surface area (Å²) in [6, 6.07) is 19.9. The highest BCUT2D eigenvalue weighted by Crippen LogP contribution is 2.38. The topological polar surface area (TPSA) is 26.0 Å². The van der Waals surface area contributed by atoms with Gasteiger partial charge >= 0.3 is 0 Å². The SMILES string of the molecule is Cc1c(-c2ccc(C(C)(C)C)cc2)cc(N)c(-c2ccc(C(C)(C)C)cc2)c1C. The van der Waals surface area contributed by atoms with E-state index in [4.69, 9.17) is 5.73 Å². The van der Waals surface area contributed by atoms with Crippen LogP contribution in [0, 0.1) is 13.8 Å². The van der Waals surface area contributed by atoms with E-state index in [9.17, 15) is 0 Å². The zero-order valence-corrected chi connectivity index (χ0v) is 19.3. The number of rotatable bonds is 2. The van der Waals surface area contributed by atoms with Gasteiger partial charge in [0.25, 0.3) is 0 Å². The second-order valence-electron chi connectivity index (χ2n) is 10.3. The lowest BCUT2D eigenvalue weighted by Gasteiger charge is -2.21. The number of hydrogen-bond acceptors (Lipinski definition) is 1. The fourth-order valence-electron chi connectivity index (χ4n) is 3.91. The predicted octanol–water partition coefficient (Wildman–Crippen LogP) is 7.81. The molecule has 2 N–H and O–H groups in total. The maximum atomic E-state index is 6.58. The summed E-state index contributed by atoms with van der Waals surface area (Å²) < 4.78 is 0. The van der Waals surface area contributed by atoms with E-state index in [0.717, 1.165) is 11.3 Å². The molecule has 0 aliphatic rings. The molecule has 0 atom stereocenters. The molecule has 0 aliphatic carbocycles. The largest absolute Gasteiger partial charge is 0.398 e. The van der Waals surface area contributed by atoms with Crippen LogP contribution in [0.3, 0.4) is 0 Å². The van der Waals surface area contributed by atoms with E-state index in [1.165, 1.54) is 38.9 Å². The Morgan fingerprint density at radius 1 is 0.586 bits per heavy atom. The highest BCUT2D eigenvalue weighted by Gasteiger charge is 2.17. The molecule has 0 bridgehead atoms. The molecule has 1 nitrogen and oxygen atoms in total. The minimum Gasteiger partial charge on any atom is -0.398 e. The number of benzene rings is 3. The van der Waals surface area contributed by atoms with Crippen LogP contribution in [0.15, 0.2) is 54.6 Å². The molecule has 3 aromatic carbocycles. The molecule has 29 heavy (non-hydrogen) atoms. The van der Waals surface area contributed by atoms with Crippen LogP contribution in [0.25, 0.3) is 22.3 Å². The van der Waals surface area contributed by atoms with Gasteiger partial charge in [0.2, 0.25) is 0 Å². The Hall–Kier alpha value is -2.54. The summed E-state index contributed by atoms with van der Waals surface area (Å²) in [4.78, 5) is 0. The van der Waals surface area contributed by atoms with Gasteiger partial charge in [-0.3, -0.25) is 0 Å². The van der Waals surface area contributed by atoms with Gasteiger partial charge in [-0.25, -0.2) is 0 Å². The molecule has 0 radical (unpaired) electrons. The summed E-state index contributed by atoms with van der Waals surface area (Å²) in [7, 11) is 0. The Balaban J connectivity index is 2.05. The van der Waals surface area contributed by atoms with E-state index >= 15 is 0 Å². The van der Waals surface area contributed by atoms with Gasteiger partial charge < -0.3 is 5.73 Å². The second-order valence-corrected chi connectivity index (χ2v) is 10.3. The standard InChI is InChI=1S/C28H35N/c1-18-19(2)26(21-11-15-23(16-12-21)28(6,7)8)25(29)17-24(18)20-9-13-22(14-10-20)27(3,4)5/h9-17H,29H2,1-8H3. The minimum atomic E-state index is 0.151. The van der Waals surface area contributed by atoms with Crippen molar-refractivity contribution < 1.29 is 0 Å². The van der Waals surface area contributed by atoms with Crippen LogP contribution < -0.4 is 5.73 Å². The van der Waals surface area contributed by atoms with E-state index in [1.54, 1.807) is 0 Å². The van der Waals surface area contributed by atoms with Crippen LogP contribution in [-0.4, -0.2) is 0 Å². The molecule has 0 unspecified atom stereocenters. The van der Waals surface area contributed by atoms with Gasteiger partial charge in [-0.1, -0.05) is 90.1 Å². The molecule has 3 rings (SSSR count). The summed E-state index contributed by atoms with van der Waals surface area (Å²) in [5.74, 6) is 0. The highest BCUT2D eigenvalue weighted by molar-refractivity contribution is 5.86. The fourth-order valence-corrected chi connectivity index (χ4v) is 3.91. The minimum absolute atomic E-state index is 0.151. The first-order chi connectivity index (χ1) is 13.4. The van der Waals surface area contributed by atoms with Crippen molar-refractivity contribution in [1.82, 2.24) is 0 Å². The van der Waals surface area contributed by atoms with E-state index < -0.39 is 0 Å². The third-order valence-corrected chi connectivity index (χ3v) is 6.03. The second kappa shape index (κ2) is 7.37. The molecule has 152 valence electrons. The average Bonchev–Trinajstić information content (AvgIpc) is 2.64. The molecule has 0 fully saturated rings. The van der Waals surface area contributed by atoms with Crippen LogP contribution in [0.4, 0.5) is 5.69 Å². The van der Waals surface area contributed by atoms with Crippen molar-refractivity contribution in [3.63, 3.8) is 0 Å². The summed E-state index contributed by atoms with van der Waals surface area (Å²) in [6.07, 6.45) is 0. The van der Waals surface area contributed by atoms with E-state index in [2.05, 4.69) is 110 Å². The Bertz CT molecular complexity index is 1010.